The average Bonchev–Trinajstić information content (AvgIpc) is 1.71. The predicted octanol–water partition coefficient (Wildman–Crippen LogP) is -2.16. The zero-order valence-corrected chi connectivity index (χ0v) is 62.0. The Hall–Kier alpha value is -10.4. The molecule has 12 atom stereocenters. The molecule has 33 nitrogen and oxygen atoms in total. The number of nitrogens with two attached hydrogens (primary N) is 4. The minimum Gasteiger partial charge on any atom is -0.394 e. The zero-order valence-electron chi connectivity index (χ0n) is 61.1. The maximum absolute atomic E-state index is 15.0. The molecule has 0 saturated carbocycles. The Kier molecular flexibility index (Phi) is 34.1. The molecule has 6 rings (SSSR count). The van der Waals surface area contributed by atoms with Crippen LogP contribution in [0.25, 0.3) is 21.8 Å². The molecule has 107 heavy (non-hydrogen) atoms. The number of nitrogens with one attached hydrogen (secondary N) is 14. The molecule has 1 saturated heterocycles. The summed E-state index contributed by atoms with van der Waals surface area (Å²) >= 11 is 0.871. The Morgan fingerprint density at radius 2 is 0.888 bits per heavy atom. The van der Waals surface area contributed by atoms with Crippen molar-refractivity contribution in [3.05, 3.63) is 108 Å². The van der Waals surface area contributed by atoms with Crippen molar-refractivity contribution in [2.24, 2.45) is 40.7 Å². The minimum absolute atomic E-state index is 0.0339. The molecule has 0 bridgehead atoms. The molecule has 2 aromatic heterocycles. The molecule has 3 heterocycles. The summed E-state index contributed by atoms with van der Waals surface area (Å²) < 4.78 is 0. The highest BCUT2D eigenvalue weighted by Crippen LogP contribution is 2.23. The second kappa shape index (κ2) is 42.6. The fourth-order valence-electron chi connectivity index (χ4n) is 12.0. The lowest BCUT2D eigenvalue weighted by molar-refractivity contribution is -0.137. The van der Waals surface area contributed by atoms with Crippen molar-refractivity contribution in [2.75, 3.05) is 37.7 Å². The van der Waals surface area contributed by atoms with Crippen LogP contribution in [-0.2, 0) is 86.4 Å². The zero-order chi connectivity index (χ0) is 78.4. The number of aromatic nitrogens is 2. The fraction of sp³-hybridized carbons (Fsp3) is 0.507. The van der Waals surface area contributed by atoms with Gasteiger partial charge in [0.15, 0.2) is 0 Å². The van der Waals surface area contributed by atoms with Crippen LogP contribution in [0.15, 0.2) is 91.3 Å². The second-order valence-corrected chi connectivity index (χ2v) is 28.3. The first-order valence-corrected chi connectivity index (χ1v) is 37.1. The lowest BCUT2D eigenvalue weighted by Crippen LogP contribution is -2.62. The number of carbonyl (C=O) groups is 14. The number of aliphatic hydroxyl groups is 1. The summed E-state index contributed by atoms with van der Waals surface area (Å²) in [5.74, 6) is -15.8. The van der Waals surface area contributed by atoms with Crippen molar-refractivity contribution in [3.63, 3.8) is 0 Å². The molecule has 0 unspecified atom stereocenters. The summed E-state index contributed by atoms with van der Waals surface area (Å²) in [7, 11) is 0. The standard InChI is InChI=1S/C73H104N18O15S/c1-7-41(6)62-73(106)87-55(36-92)64(97)80-35-58(94)81-49(25-15-17-27-74)65(98)86-54(32-57(76)93)67(100)85-53(31-44-34-79-48-24-14-12-22-46(44)48)70(103)89-60(39(2)3)71(104)83-50(26-16-18-28-75)66(99)84-52(30-43-33-78-47-23-13-11-21-45(43)47)69(102)90-61(40(4)5)72(105)88-56(63(77)96)37-107-38-59(95)82-51(68(101)91-62)29-42-19-9-8-10-20-42/h8-14,19-24,33-34,39-41,49-56,60-62,78-79,92H,7,15-18,25-32,35-38,74-75H2,1-6H3,(H2,76,93)(H2,77,96)(H,80,97)(H,81,94)(H,82,95)(H,83,104)(H,84,99)(H,85,100)(H,86,98)(H,87,106)(H,88,105)(H,89,103)(H,90,102)(H,91,101)/t41-,49+,50-,51-,52-,53-,54-,55-,56-,60-,61-,62-/m0/s1. The van der Waals surface area contributed by atoms with Crippen LogP contribution >= 0.6 is 11.8 Å². The molecule has 5 aromatic rings. The van der Waals surface area contributed by atoms with Crippen LogP contribution in [0.1, 0.15) is 110 Å². The van der Waals surface area contributed by atoms with Crippen LogP contribution in [0, 0.1) is 17.8 Å². The number of benzene rings is 3. The van der Waals surface area contributed by atoms with E-state index in [1.165, 1.54) is 0 Å². The Morgan fingerprint density at radius 3 is 1.37 bits per heavy atom. The van der Waals surface area contributed by atoms with Crippen LogP contribution in [0.4, 0.5) is 0 Å². The van der Waals surface area contributed by atoms with Crippen molar-refractivity contribution < 1.29 is 72.2 Å². The summed E-state index contributed by atoms with van der Waals surface area (Å²) in [4.78, 5) is 205. The molecule has 0 aliphatic carbocycles. The number of fused-ring (bicyclic) bond motifs is 2. The largest absolute Gasteiger partial charge is 0.394 e. The topological polar surface area (TPSA) is 539 Å². The van der Waals surface area contributed by atoms with Crippen LogP contribution in [-0.4, -0.2) is 202 Å². The molecular weight excluding hydrogens is 1400 g/mol. The van der Waals surface area contributed by atoms with Crippen LogP contribution < -0.4 is 86.7 Å². The number of H-pyrrole nitrogens is 2. The number of unbranched alkanes of at least 4 members (excludes halogenated alkanes) is 2. The summed E-state index contributed by atoms with van der Waals surface area (Å²) in [6.07, 6.45) is 3.34. The van der Waals surface area contributed by atoms with Gasteiger partial charge in [-0.1, -0.05) is 115 Å². The van der Waals surface area contributed by atoms with Crippen molar-refractivity contribution in [1.29, 1.82) is 0 Å². The Bertz CT molecular complexity index is 3910. The first-order valence-electron chi connectivity index (χ1n) is 36.0. The normalized spacial score (nSPS) is 23.7. The number of rotatable bonds is 22. The van der Waals surface area contributed by atoms with Gasteiger partial charge in [-0.05, 0) is 98.2 Å². The van der Waals surface area contributed by atoms with Crippen molar-refractivity contribution in [2.45, 2.75) is 179 Å². The number of primary amides is 2. The van der Waals surface area contributed by atoms with E-state index in [-0.39, 0.29) is 63.8 Å². The minimum atomic E-state index is -1.81. The number of aliphatic hydroxyl groups excluding tert-OH is 1. The summed E-state index contributed by atoms with van der Waals surface area (Å²) in [5.41, 5.74) is 26.3. The highest BCUT2D eigenvalue weighted by molar-refractivity contribution is 8.00. The number of aromatic amines is 2. The maximum Gasteiger partial charge on any atom is 0.245 e. The third-order valence-electron chi connectivity index (χ3n) is 18.3. The van der Waals surface area contributed by atoms with Gasteiger partial charge in [0, 0.05) is 59.2 Å². The van der Waals surface area contributed by atoms with Gasteiger partial charge in [0.25, 0.3) is 0 Å². The SMILES string of the molecule is CC[C@H](C)[C@@H]1NC(=O)[C@H](Cc2ccccc2)NC(=O)CSC[C@@H](C(N)=O)NC(=O)[C@H](C(C)C)NC(=O)[C@H](Cc2c[nH]c3ccccc23)NC(=O)[C@H](CCCCN)NC(=O)[C@H](C(C)C)NC(=O)[C@H](Cc2c[nH]c3ccccc23)NC(=O)[C@H](CC(N)=O)NC(=O)[C@@H](CCCCN)NC(=O)CNC(=O)[C@H](CO)NC1=O. The summed E-state index contributed by atoms with van der Waals surface area (Å²) in [5, 5.41) is 43.2. The molecule has 1 aliphatic rings. The number of amides is 14. The van der Waals surface area contributed by atoms with E-state index >= 15 is 4.79 Å². The number of hydrogen-bond donors (Lipinski definition) is 19. The number of carbonyl (C=O) groups excluding carboxylic acids is 14. The van der Waals surface area contributed by atoms with Gasteiger partial charge in [-0.2, -0.15) is 0 Å². The highest BCUT2D eigenvalue weighted by atomic mass is 32.2. The van der Waals surface area contributed by atoms with Crippen LogP contribution in [0.2, 0.25) is 0 Å². The van der Waals surface area contributed by atoms with E-state index in [4.69, 9.17) is 22.9 Å². The predicted molar refractivity (Wildman–Crippen MR) is 401 cm³/mol. The Morgan fingerprint density at radius 1 is 0.467 bits per heavy atom. The highest BCUT2D eigenvalue weighted by Gasteiger charge is 2.39. The van der Waals surface area contributed by atoms with E-state index in [0.29, 0.717) is 57.8 Å². The lowest BCUT2D eigenvalue weighted by atomic mass is 9.96. The van der Waals surface area contributed by atoms with Gasteiger partial charge >= 0.3 is 0 Å². The van der Waals surface area contributed by atoms with Crippen LogP contribution in [0.3, 0.4) is 0 Å². The van der Waals surface area contributed by atoms with E-state index in [9.17, 15) is 67.4 Å². The van der Waals surface area contributed by atoms with E-state index in [1.54, 1.807) is 133 Å². The Balaban J connectivity index is 1.40. The fourth-order valence-corrected chi connectivity index (χ4v) is 12.9. The molecule has 14 amide bonds. The van der Waals surface area contributed by atoms with Crippen molar-refractivity contribution >= 4 is 116 Å². The van der Waals surface area contributed by atoms with Gasteiger partial charge in [-0.25, -0.2) is 0 Å². The second-order valence-electron chi connectivity index (χ2n) is 27.3. The van der Waals surface area contributed by atoms with Crippen molar-refractivity contribution in [1.82, 2.24) is 73.8 Å². The van der Waals surface area contributed by atoms with E-state index in [1.807, 2.05) is 0 Å². The monoisotopic (exact) mass is 1500 g/mol. The molecule has 23 N–H and O–H groups in total. The van der Waals surface area contributed by atoms with Gasteiger partial charge in [0.2, 0.25) is 82.7 Å². The third-order valence-corrected chi connectivity index (χ3v) is 19.4. The van der Waals surface area contributed by atoms with Gasteiger partial charge in [-0.3, -0.25) is 67.1 Å². The third kappa shape index (κ3) is 26.2. The first kappa shape index (κ1) is 85.5. The molecule has 3 aromatic carbocycles. The lowest BCUT2D eigenvalue weighted by Gasteiger charge is -2.29. The van der Waals surface area contributed by atoms with E-state index in [0.717, 1.165) is 11.8 Å². The maximum atomic E-state index is 15.0. The smallest absolute Gasteiger partial charge is 0.245 e. The van der Waals surface area contributed by atoms with Gasteiger partial charge < -0.3 is 102 Å². The number of para-hydroxylation sites is 2. The summed E-state index contributed by atoms with van der Waals surface area (Å²) in [6, 6.07) is 6.35. The van der Waals surface area contributed by atoms with Gasteiger partial charge in [0.1, 0.15) is 66.5 Å². The molecule has 0 radical (unpaired) electrons. The van der Waals surface area contributed by atoms with Crippen LogP contribution in [0.5, 0.6) is 0 Å². The molecular formula is C73H104N18O15S. The quantitative estimate of drug-likeness (QED) is 0.0328. The molecule has 1 aliphatic heterocycles. The summed E-state index contributed by atoms with van der Waals surface area (Å²) in [6.45, 7) is 8.37. The Labute approximate surface area is 624 Å². The molecule has 1 fully saturated rings. The van der Waals surface area contributed by atoms with E-state index < -0.39 is 192 Å². The van der Waals surface area contributed by atoms with Gasteiger partial charge in [-0.15, -0.1) is 11.8 Å². The molecule has 0 spiro atoms. The number of thioether (sulfide) groups is 1. The van der Waals surface area contributed by atoms with Crippen molar-refractivity contribution in [3.8, 4) is 0 Å². The van der Waals surface area contributed by atoms with E-state index in [2.05, 4.69) is 73.8 Å². The number of hydrogen-bond acceptors (Lipinski definition) is 18. The van der Waals surface area contributed by atoms with Gasteiger partial charge in [0.05, 0.1) is 25.3 Å². The molecule has 34 heteroatoms. The first-order chi connectivity index (χ1) is 51.0. The average molecular weight is 1510 g/mol. The molecule has 582 valence electrons.